The molecule has 4 heteroatoms. The molecule has 0 aliphatic carbocycles. The molecule has 100 valence electrons. The Bertz CT molecular complexity index is 756. The van der Waals surface area contributed by atoms with Gasteiger partial charge < -0.3 is 10.5 Å². The fraction of sp³-hybridized carbons (Fsp3) is 0.125. The summed E-state index contributed by atoms with van der Waals surface area (Å²) in [5.41, 5.74) is 8.77. The van der Waals surface area contributed by atoms with E-state index in [4.69, 9.17) is 10.5 Å². The van der Waals surface area contributed by atoms with Crippen LogP contribution >= 0.6 is 0 Å². The summed E-state index contributed by atoms with van der Waals surface area (Å²) < 4.78 is 5.72. The molecule has 0 spiro atoms. The Kier molecular flexibility index (Phi) is 3.21. The molecule has 0 radical (unpaired) electrons. The van der Waals surface area contributed by atoms with Gasteiger partial charge in [0.15, 0.2) is 11.6 Å². The molecule has 0 fully saturated rings. The molecule has 4 nitrogen and oxygen atoms in total. The van der Waals surface area contributed by atoms with E-state index in [9.17, 15) is 0 Å². The van der Waals surface area contributed by atoms with Gasteiger partial charge in [0.25, 0.3) is 0 Å². The number of nitrogens with two attached hydrogens (primary N) is 1. The van der Waals surface area contributed by atoms with Crippen molar-refractivity contribution in [1.29, 1.82) is 0 Å². The lowest BCUT2D eigenvalue weighted by atomic mass is 10.1. The van der Waals surface area contributed by atoms with Crippen LogP contribution in [0.2, 0.25) is 0 Å². The van der Waals surface area contributed by atoms with Crippen LogP contribution in [0.3, 0.4) is 0 Å². The fourth-order valence-electron chi connectivity index (χ4n) is 2.06. The Morgan fingerprint density at radius 2 is 2.05 bits per heavy atom. The Hall–Kier alpha value is -2.62. The quantitative estimate of drug-likeness (QED) is 0.790. The molecule has 0 saturated carbocycles. The van der Waals surface area contributed by atoms with E-state index in [2.05, 4.69) is 16.0 Å². The molecular formula is C16H15N3O. The van der Waals surface area contributed by atoms with Gasteiger partial charge >= 0.3 is 0 Å². The zero-order chi connectivity index (χ0) is 13.9. The summed E-state index contributed by atoms with van der Waals surface area (Å²) in [6.07, 6.45) is 1.79. The van der Waals surface area contributed by atoms with Crippen LogP contribution in [0.5, 0.6) is 5.75 Å². The number of nitrogens with zero attached hydrogens (tertiary/aromatic N) is 2. The number of fused-ring (bicyclic) bond motifs is 1. The molecule has 1 aromatic carbocycles. The molecule has 2 N–H and O–H groups in total. The van der Waals surface area contributed by atoms with Crippen LogP contribution in [-0.2, 0) is 6.61 Å². The average molecular weight is 265 g/mol. The first-order chi connectivity index (χ1) is 9.72. The largest absolute Gasteiger partial charge is 0.485 e. The van der Waals surface area contributed by atoms with E-state index in [0.717, 1.165) is 22.2 Å². The Morgan fingerprint density at radius 1 is 1.15 bits per heavy atom. The van der Waals surface area contributed by atoms with Gasteiger partial charge in [-0.05, 0) is 42.8 Å². The second-order valence-electron chi connectivity index (χ2n) is 4.66. The summed E-state index contributed by atoms with van der Waals surface area (Å²) in [7, 11) is 0. The average Bonchev–Trinajstić information content (AvgIpc) is 2.46. The molecule has 2 aromatic heterocycles. The Labute approximate surface area is 117 Å². The van der Waals surface area contributed by atoms with E-state index in [1.54, 1.807) is 6.20 Å². The lowest BCUT2D eigenvalue weighted by molar-refractivity contribution is 0.307. The second-order valence-corrected chi connectivity index (χ2v) is 4.66. The summed E-state index contributed by atoms with van der Waals surface area (Å²) in [5.74, 6) is 1.04. The van der Waals surface area contributed by atoms with Crippen LogP contribution in [0, 0.1) is 6.92 Å². The smallest absolute Gasteiger partial charge is 0.166 e. The van der Waals surface area contributed by atoms with Crippen molar-refractivity contribution in [3.05, 3.63) is 59.9 Å². The SMILES string of the molecule is Cc1ccc(OCc2ccc3ncccc3c2)c(N)n1. The molecule has 20 heavy (non-hydrogen) atoms. The van der Waals surface area contributed by atoms with Gasteiger partial charge in [0.2, 0.25) is 0 Å². The van der Waals surface area contributed by atoms with Gasteiger partial charge in [-0.15, -0.1) is 0 Å². The highest BCUT2D eigenvalue weighted by Crippen LogP contribution is 2.21. The summed E-state index contributed by atoms with van der Waals surface area (Å²) in [5, 5.41) is 1.10. The third kappa shape index (κ3) is 2.54. The van der Waals surface area contributed by atoms with E-state index in [-0.39, 0.29) is 0 Å². The summed E-state index contributed by atoms with van der Waals surface area (Å²) in [6, 6.07) is 13.8. The van der Waals surface area contributed by atoms with Gasteiger partial charge in [-0.3, -0.25) is 4.98 Å². The highest BCUT2D eigenvalue weighted by molar-refractivity contribution is 5.78. The molecule has 3 rings (SSSR count). The molecule has 2 heterocycles. The third-order valence-corrected chi connectivity index (χ3v) is 3.09. The Balaban J connectivity index is 1.79. The first kappa shape index (κ1) is 12.4. The van der Waals surface area contributed by atoms with Crippen LogP contribution in [0.15, 0.2) is 48.7 Å². The van der Waals surface area contributed by atoms with Gasteiger partial charge in [0.1, 0.15) is 6.61 Å². The van der Waals surface area contributed by atoms with Crippen LogP contribution in [0.4, 0.5) is 5.82 Å². The maximum Gasteiger partial charge on any atom is 0.166 e. The number of nitrogen functional groups attached to an aromatic ring is 1. The fourth-order valence-corrected chi connectivity index (χ4v) is 2.06. The molecule has 0 bridgehead atoms. The lowest BCUT2D eigenvalue weighted by Gasteiger charge is -2.09. The molecule has 3 aromatic rings. The predicted octanol–water partition coefficient (Wildman–Crippen LogP) is 3.10. The van der Waals surface area contributed by atoms with E-state index < -0.39 is 0 Å². The minimum atomic E-state index is 0.424. The van der Waals surface area contributed by atoms with Crippen molar-refractivity contribution in [3.63, 3.8) is 0 Å². The highest BCUT2D eigenvalue weighted by Gasteiger charge is 2.03. The van der Waals surface area contributed by atoms with Gasteiger partial charge in [0.05, 0.1) is 5.52 Å². The monoisotopic (exact) mass is 265 g/mol. The molecule has 0 saturated heterocycles. The van der Waals surface area contributed by atoms with E-state index in [0.29, 0.717) is 18.2 Å². The standard InChI is InChI=1S/C16H15N3O/c1-11-4-7-15(16(17)19-11)20-10-12-5-6-14-13(9-12)3-2-8-18-14/h2-9H,10H2,1H3,(H2,17,19). The normalized spacial score (nSPS) is 10.7. The van der Waals surface area contributed by atoms with Gasteiger partial charge in [0, 0.05) is 17.3 Å². The second kappa shape index (κ2) is 5.17. The van der Waals surface area contributed by atoms with Crippen molar-refractivity contribution in [3.8, 4) is 5.75 Å². The minimum absolute atomic E-state index is 0.424. The maximum absolute atomic E-state index is 5.83. The zero-order valence-electron chi connectivity index (χ0n) is 11.2. The predicted molar refractivity (Wildman–Crippen MR) is 79.5 cm³/mol. The number of benzene rings is 1. The van der Waals surface area contributed by atoms with Crippen molar-refractivity contribution in [2.24, 2.45) is 0 Å². The molecule has 0 amide bonds. The van der Waals surface area contributed by atoms with Gasteiger partial charge in [-0.25, -0.2) is 4.98 Å². The highest BCUT2D eigenvalue weighted by atomic mass is 16.5. The van der Waals surface area contributed by atoms with E-state index in [1.807, 2.05) is 43.3 Å². The van der Waals surface area contributed by atoms with Crippen LogP contribution in [-0.4, -0.2) is 9.97 Å². The van der Waals surface area contributed by atoms with Crippen molar-refractivity contribution in [2.45, 2.75) is 13.5 Å². The molecule has 0 atom stereocenters. The summed E-state index contributed by atoms with van der Waals surface area (Å²) in [6.45, 7) is 2.36. The van der Waals surface area contributed by atoms with Crippen molar-refractivity contribution >= 4 is 16.7 Å². The van der Waals surface area contributed by atoms with Crippen molar-refractivity contribution in [2.75, 3.05) is 5.73 Å². The van der Waals surface area contributed by atoms with Crippen LogP contribution < -0.4 is 10.5 Å². The van der Waals surface area contributed by atoms with Crippen LogP contribution in [0.25, 0.3) is 10.9 Å². The number of aromatic nitrogens is 2. The Morgan fingerprint density at radius 3 is 2.90 bits per heavy atom. The van der Waals surface area contributed by atoms with Crippen molar-refractivity contribution in [1.82, 2.24) is 9.97 Å². The molecule has 0 aliphatic rings. The third-order valence-electron chi connectivity index (χ3n) is 3.09. The maximum atomic E-state index is 5.83. The summed E-state index contributed by atoms with van der Waals surface area (Å²) >= 11 is 0. The number of rotatable bonds is 3. The van der Waals surface area contributed by atoms with Gasteiger partial charge in [-0.2, -0.15) is 0 Å². The number of hydrogen-bond acceptors (Lipinski definition) is 4. The van der Waals surface area contributed by atoms with E-state index >= 15 is 0 Å². The molecule has 0 unspecified atom stereocenters. The number of ether oxygens (including phenoxy) is 1. The number of aryl methyl sites for hydroxylation is 1. The van der Waals surface area contributed by atoms with E-state index in [1.165, 1.54) is 0 Å². The van der Waals surface area contributed by atoms with Crippen LogP contribution in [0.1, 0.15) is 11.3 Å². The molecular weight excluding hydrogens is 250 g/mol. The first-order valence-electron chi connectivity index (χ1n) is 6.42. The van der Waals surface area contributed by atoms with Gasteiger partial charge in [-0.1, -0.05) is 12.1 Å². The lowest BCUT2D eigenvalue weighted by Crippen LogP contribution is -2.01. The first-order valence-corrected chi connectivity index (χ1v) is 6.42. The number of pyridine rings is 2. The zero-order valence-corrected chi connectivity index (χ0v) is 11.2. The number of anilines is 1. The number of hydrogen-bond donors (Lipinski definition) is 1. The van der Waals surface area contributed by atoms with Crippen molar-refractivity contribution < 1.29 is 4.74 Å². The minimum Gasteiger partial charge on any atom is -0.485 e. The summed E-state index contributed by atoms with van der Waals surface area (Å²) in [4.78, 5) is 8.47. The topological polar surface area (TPSA) is 61.0 Å². The molecule has 0 aliphatic heterocycles.